The smallest absolute Gasteiger partial charge is 0.338 e. The average molecular weight is 385 g/mol. The molecule has 1 atom stereocenters. The topological polar surface area (TPSA) is 58.6 Å². The Kier molecular flexibility index (Phi) is 5.09. The van der Waals surface area contributed by atoms with Crippen LogP contribution < -0.4 is 5.32 Å². The first-order chi connectivity index (χ1) is 10.7. The van der Waals surface area contributed by atoms with Crippen LogP contribution in [0.15, 0.2) is 33.9 Å². The van der Waals surface area contributed by atoms with Gasteiger partial charge in [-0.15, -0.1) is 0 Å². The van der Waals surface area contributed by atoms with E-state index >= 15 is 0 Å². The number of allylic oxidation sites excluding steroid dienone is 1. The van der Waals surface area contributed by atoms with Crippen LogP contribution in [0.25, 0.3) is 0 Å². The molecule has 2 amide bonds. The lowest BCUT2D eigenvalue weighted by Crippen LogP contribution is -2.46. The summed E-state index contributed by atoms with van der Waals surface area (Å²) < 4.78 is 19.0. The molecular weight excluding hydrogens is 367 g/mol. The number of carbonyl (C=O) groups is 2. The zero-order valence-electron chi connectivity index (χ0n) is 13.3. The Bertz CT molecular complexity index is 688. The fraction of sp³-hybridized carbons (Fsp3) is 0.375. The number of carbonyl (C=O) groups excluding carboxylic acids is 2. The number of hydrogen-bond donors (Lipinski definition) is 1. The maximum absolute atomic E-state index is 13.5. The van der Waals surface area contributed by atoms with Crippen molar-refractivity contribution < 1.29 is 18.7 Å². The molecule has 0 saturated heterocycles. The standard InChI is InChI=1S/C16H18BrFN2O3/c1-8(2)23-15(21)13-9(3)20(4)16(22)19-14(13)10-5-6-12(18)11(17)7-10/h5-8,14H,1-4H3,(H,19,22)/t14-/m0/s1. The van der Waals surface area contributed by atoms with E-state index in [-0.39, 0.29) is 16.6 Å². The Morgan fingerprint density at radius 1 is 1.43 bits per heavy atom. The summed E-state index contributed by atoms with van der Waals surface area (Å²) in [7, 11) is 1.57. The Labute approximate surface area is 142 Å². The van der Waals surface area contributed by atoms with Crippen molar-refractivity contribution in [3.05, 3.63) is 45.3 Å². The number of benzene rings is 1. The summed E-state index contributed by atoms with van der Waals surface area (Å²) in [5.74, 6) is -0.921. The number of halogens is 2. The number of nitrogens with zero attached hydrogens (tertiary/aromatic N) is 1. The van der Waals surface area contributed by atoms with Crippen LogP contribution in [0.1, 0.15) is 32.4 Å². The third kappa shape index (κ3) is 3.55. The minimum Gasteiger partial charge on any atom is -0.459 e. The van der Waals surface area contributed by atoms with Gasteiger partial charge in [-0.2, -0.15) is 0 Å². The number of urea groups is 1. The van der Waals surface area contributed by atoms with Gasteiger partial charge in [-0.25, -0.2) is 14.0 Å². The third-order valence-electron chi connectivity index (χ3n) is 3.59. The molecule has 23 heavy (non-hydrogen) atoms. The summed E-state index contributed by atoms with van der Waals surface area (Å²) in [5, 5.41) is 2.75. The van der Waals surface area contributed by atoms with Crippen LogP contribution in [0, 0.1) is 5.82 Å². The lowest BCUT2D eigenvalue weighted by atomic mass is 9.95. The van der Waals surface area contributed by atoms with Crippen molar-refractivity contribution in [1.29, 1.82) is 0 Å². The van der Waals surface area contributed by atoms with E-state index in [1.165, 1.54) is 17.0 Å². The van der Waals surface area contributed by atoms with Gasteiger partial charge >= 0.3 is 12.0 Å². The van der Waals surface area contributed by atoms with Crippen molar-refractivity contribution in [2.24, 2.45) is 0 Å². The monoisotopic (exact) mass is 384 g/mol. The third-order valence-corrected chi connectivity index (χ3v) is 4.20. The van der Waals surface area contributed by atoms with Crippen LogP contribution in [0.4, 0.5) is 9.18 Å². The molecule has 7 heteroatoms. The lowest BCUT2D eigenvalue weighted by Gasteiger charge is -2.33. The highest BCUT2D eigenvalue weighted by Gasteiger charge is 2.35. The molecule has 1 N–H and O–H groups in total. The summed E-state index contributed by atoms with van der Waals surface area (Å²) in [5.41, 5.74) is 1.43. The normalized spacial score (nSPS) is 18.3. The van der Waals surface area contributed by atoms with Crippen molar-refractivity contribution in [3.63, 3.8) is 0 Å². The Morgan fingerprint density at radius 3 is 2.65 bits per heavy atom. The number of amides is 2. The average Bonchev–Trinajstić information content (AvgIpc) is 2.46. The van der Waals surface area contributed by atoms with Gasteiger partial charge < -0.3 is 15.0 Å². The van der Waals surface area contributed by atoms with Gasteiger partial charge in [0.15, 0.2) is 0 Å². The summed E-state index contributed by atoms with van der Waals surface area (Å²) in [6.07, 6.45) is -0.286. The van der Waals surface area contributed by atoms with Crippen molar-refractivity contribution in [2.45, 2.75) is 32.9 Å². The van der Waals surface area contributed by atoms with E-state index in [9.17, 15) is 14.0 Å². The molecule has 5 nitrogen and oxygen atoms in total. The molecule has 0 unspecified atom stereocenters. The van der Waals surface area contributed by atoms with E-state index in [1.54, 1.807) is 33.9 Å². The van der Waals surface area contributed by atoms with Gasteiger partial charge in [0, 0.05) is 12.7 Å². The quantitative estimate of drug-likeness (QED) is 0.811. The van der Waals surface area contributed by atoms with Crippen LogP contribution in [0.2, 0.25) is 0 Å². The summed E-state index contributed by atoms with van der Waals surface area (Å²) in [4.78, 5) is 25.9. The van der Waals surface area contributed by atoms with Crippen LogP contribution >= 0.6 is 15.9 Å². The van der Waals surface area contributed by atoms with Gasteiger partial charge in [0.2, 0.25) is 0 Å². The first-order valence-electron chi connectivity index (χ1n) is 7.13. The highest BCUT2D eigenvalue weighted by atomic mass is 79.9. The van der Waals surface area contributed by atoms with Gasteiger partial charge in [-0.1, -0.05) is 6.07 Å². The van der Waals surface area contributed by atoms with Crippen LogP contribution in [-0.4, -0.2) is 30.1 Å². The molecule has 1 heterocycles. The van der Waals surface area contributed by atoms with Crippen molar-refractivity contribution in [3.8, 4) is 0 Å². The molecule has 1 aromatic carbocycles. The summed E-state index contributed by atoms with van der Waals surface area (Å²) >= 11 is 3.12. The van der Waals surface area contributed by atoms with Gasteiger partial charge in [0.05, 0.1) is 22.2 Å². The van der Waals surface area contributed by atoms with Crippen LogP contribution in [0.5, 0.6) is 0 Å². The second kappa shape index (κ2) is 6.70. The van der Waals surface area contributed by atoms with Gasteiger partial charge in [-0.05, 0) is 54.4 Å². The largest absolute Gasteiger partial charge is 0.459 e. The van der Waals surface area contributed by atoms with E-state index in [0.717, 1.165) is 0 Å². The number of nitrogens with one attached hydrogen (secondary N) is 1. The molecule has 0 fully saturated rings. The number of hydrogen-bond acceptors (Lipinski definition) is 3. The molecule has 0 aromatic heterocycles. The highest BCUT2D eigenvalue weighted by molar-refractivity contribution is 9.10. The minimum absolute atomic E-state index is 0.261. The molecule has 124 valence electrons. The number of ether oxygens (including phenoxy) is 1. The number of rotatable bonds is 3. The fourth-order valence-corrected chi connectivity index (χ4v) is 2.72. The van der Waals surface area contributed by atoms with Crippen molar-refractivity contribution in [1.82, 2.24) is 10.2 Å². The Morgan fingerprint density at radius 2 is 2.09 bits per heavy atom. The van der Waals surface area contributed by atoms with E-state index in [2.05, 4.69) is 21.2 Å². The number of esters is 1. The molecule has 1 aromatic rings. The van der Waals surface area contributed by atoms with Gasteiger partial charge in [-0.3, -0.25) is 0 Å². The van der Waals surface area contributed by atoms with Crippen LogP contribution in [-0.2, 0) is 9.53 Å². The molecule has 0 bridgehead atoms. The van der Waals surface area contributed by atoms with E-state index in [4.69, 9.17) is 4.74 Å². The van der Waals surface area contributed by atoms with Crippen molar-refractivity contribution >= 4 is 27.9 Å². The van der Waals surface area contributed by atoms with E-state index in [0.29, 0.717) is 16.8 Å². The second-order valence-corrected chi connectivity index (χ2v) is 6.42. The zero-order chi connectivity index (χ0) is 17.3. The highest BCUT2D eigenvalue weighted by Crippen LogP contribution is 2.32. The molecule has 0 saturated carbocycles. The molecule has 0 aliphatic carbocycles. The lowest BCUT2D eigenvalue weighted by molar-refractivity contribution is -0.143. The first kappa shape index (κ1) is 17.5. The van der Waals surface area contributed by atoms with E-state index in [1.807, 2.05) is 0 Å². The molecule has 0 radical (unpaired) electrons. The molecule has 0 spiro atoms. The SMILES string of the molecule is CC1=C(C(=O)OC(C)C)[C@H](c2ccc(F)c(Br)c2)NC(=O)N1C. The maximum Gasteiger partial charge on any atom is 0.338 e. The van der Waals surface area contributed by atoms with Crippen LogP contribution in [0.3, 0.4) is 0 Å². The first-order valence-corrected chi connectivity index (χ1v) is 7.92. The second-order valence-electron chi connectivity index (χ2n) is 5.57. The molecular formula is C16H18BrFN2O3. The molecule has 2 rings (SSSR count). The fourth-order valence-electron chi connectivity index (χ4n) is 2.32. The van der Waals surface area contributed by atoms with Gasteiger partial charge in [0.25, 0.3) is 0 Å². The van der Waals surface area contributed by atoms with Gasteiger partial charge in [0.1, 0.15) is 5.82 Å². The summed E-state index contributed by atoms with van der Waals surface area (Å²) in [6.45, 7) is 5.19. The predicted molar refractivity (Wildman–Crippen MR) is 87.1 cm³/mol. The Hall–Kier alpha value is -1.89. The maximum atomic E-state index is 13.5. The predicted octanol–water partition coefficient (Wildman–Crippen LogP) is 3.51. The summed E-state index contributed by atoms with van der Waals surface area (Å²) in [6, 6.07) is 3.33. The Balaban J connectivity index is 2.51. The van der Waals surface area contributed by atoms with Crippen molar-refractivity contribution in [2.75, 3.05) is 7.05 Å². The molecule has 1 aliphatic heterocycles. The zero-order valence-corrected chi connectivity index (χ0v) is 14.9. The molecule has 1 aliphatic rings. The van der Waals surface area contributed by atoms with E-state index < -0.39 is 17.8 Å². The minimum atomic E-state index is -0.693.